The highest BCUT2D eigenvalue weighted by atomic mass is 15.2. The predicted octanol–water partition coefficient (Wildman–Crippen LogP) is 2.06. The molecule has 1 saturated heterocycles. The summed E-state index contributed by atoms with van der Waals surface area (Å²) in [5.41, 5.74) is 7.18. The lowest BCUT2D eigenvalue weighted by Gasteiger charge is -2.21. The Morgan fingerprint density at radius 3 is 2.65 bits per heavy atom. The van der Waals surface area contributed by atoms with E-state index in [-0.39, 0.29) is 6.04 Å². The lowest BCUT2D eigenvalue weighted by atomic mass is 10.0. The van der Waals surface area contributed by atoms with Crippen molar-refractivity contribution in [2.24, 2.45) is 17.6 Å². The molecule has 2 rings (SSSR count). The number of hydrogen-bond donors (Lipinski definition) is 1. The predicted molar refractivity (Wildman–Crippen MR) is 72.1 cm³/mol. The van der Waals surface area contributed by atoms with Crippen LogP contribution in [0.1, 0.15) is 26.3 Å². The van der Waals surface area contributed by atoms with Gasteiger partial charge in [-0.1, -0.05) is 19.9 Å². The van der Waals surface area contributed by atoms with Crippen LogP contribution in [-0.2, 0) is 6.42 Å². The Morgan fingerprint density at radius 2 is 2.06 bits per heavy atom. The van der Waals surface area contributed by atoms with E-state index in [0.29, 0.717) is 0 Å². The van der Waals surface area contributed by atoms with Crippen LogP contribution in [0, 0.1) is 11.8 Å². The lowest BCUT2D eigenvalue weighted by Crippen LogP contribution is -2.25. The molecule has 2 heterocycles. The van der Waals surface area contributed by atoms with Crippen LogP contribution in [-0.4, -0.2) is 24.1 Å². The molecule has 94 valence electrons. The highest BCUT2D eigenvalue weighted by Crippen LogP contribution is 2.28. The van der Waals surface area contributed by atoms with Gasteiger partial charge in [0.15, 0.2) is 0 Å². The van der Waals surface area contributed by atoms with Crippen molar-refractivity contribution >= 4 is 5.82 Å². The van der Waals surface area contributed by atoms with Crippen molar-refractivity contribution in [3.05, 3.63) is 23.9 Å². The minimum Gasteiger partial charge on any atom is -0.356 e. The van der Waals surface area contributed by atoms with Crippen molar-refractivity contribution in [3.63, 3.8) is 0 Å². The van der Waals surface area contributed by atoms with Crippen molar-refractivity contribution in [1.29, 1.82) is 0 Å². The van der Waals surface area contributed by atoms with E-state index < -0.39 is 0 Å². The molecule has 0 aromatic carbocycles. The Kier molecular flexibility index (Phi) is 3.67. The zero-order valence-electron chi connectivity index (χ0n) is 11.1. The fraction of sp³-hybridized carbons (Fsp3) is 0.643. The van der Waals surface area contributed by atoms with E-state index in [0.717, 1.165) is 37.2 Å². The summed E-state index contributed by atoms with van der Waals surface area (Å²) in [7, 11) is 0. The van der Waals surface area contributed by atoms with Crippen molar-refractivity contribution < 1.29 is 0 Å². The first-order valence-electron chi connectivity index (χ1n) is 6.52. The van der Waals surface area contributed by atoms with E-state index in [1.54, 1.807) is 0 Å². The van der Waals surface area contributed by atoms with Crippen LogP contribution in [0.2, 0.25) is 0 Å². The molecule has 1 aromatic heterocycles. The second kappa shape index (κ2) is 5.05. The monoisotopic (exact) mass is 233 g/mol. The van der Waals surface area contributed by atoms with Gasteiger partial charge in [0.25, 0.3) is 0 Å². The number of aromatic nitrogens is 1. The molecule has 0 saturated carbocycles. The Bertz CT molecular complexity index is 365. The average molecular weight is 233 g/mol. The van der Waals surface area contributed by atoms with Gasteiger partial charge in [0.1, 0.15) is 5.82 Å². The maximum absolute atomic E-state index is 5.90. The summed E-state index contributed by atoms with van der Waals surface area (Å²) in [5.74, 6) is 2.64. The molecule has 1 fully saturated rings. The van der Waals surface area contributed by atoms with Gasteiger partial charge >= 0.3 is 0 Å². The standard InChI is InChI=1S/C14H23N3/c1-10-8-17(9-11(10)2)14-13(7-12(3)15)5-4-6-16-14/h4-6,10-12H,7-9,15H2,1-3H3. The molecule has 0 aliphatic carbocycles. The van der Waals surface area contributed by atoms with Gasteiger partial charge < -0.3 is 10.6 Å². The zero-order chi connectivity index (χ0) is 12.4. The van der Waals surface area contributed by atoms with Gasteiger partial charge in [0, 0.05) is 25.3 Å². The van der Waals surface area contributed by atoms with Crippen molar-refractivity contribution in [1.82, 2.24) is 4.98 Å². The summed E-state index contributed by atoms with van der Waals surface area (Å²) in [6.45, 7) is 8.91. The molecular weight excluding hydrogens is 210 g/mol. The van der Waals surface area contributed by atoms with Gasteiger partial charge in [-0.05, 0) is 36.8 Å². The van der Waals surface area contributed by atoms with Gasteiger partial charge in [-0.15, -0.1) is 0 Å². The number of hydrogen-bond acceptors (Lipinski definition) is 3. The molecule has 3 nitrogen and oxygen atoms in total. The molecule has 2 N–H and O–H groups in total. The van der Waals surface area contributed by atoms with Crippen LogP contribution in [0.15, 0.2) is 18.3 Å². The summed E-state index contributed by atoms with van der Waals surface area (Å²) >= 11 is 0. The van der Waals surface area contributed by atoms with Gasteiger partial charge in [-0.25, -0.2) is 4.98 Å². The fourth-order valence-electron chi connectivity index (χ4n) is 2.52. The molecule has 3 unspecified atom stereocenters. The average Bonchev–Trinajstić information content (AvgIpc) is 2.59. The van der Waals surface area contributed by atoms with E-state index in [2.05, 4.69) is 29.8 Å². The first kappa shape index (κ1) is 12.4. The van der Waals surface area contributed by atoms with Crippen LogP contribution in [0.4, 0.5) is 5.82 Å². The van der Waals surface area contributed by atoms with E-state index >= 15 is 0 Å². The van der Waals surface area contributed by atoms with Crippen molar-refractivity contribution in [2.45, 2.75) is 33.2 Å². The molecule has 0 radical (unpaired) electrons. The quantitative estimate of drug-likeness (QED) is 0.869. The number of rotatable bonds is 3. The van der Waals surface area contributed by atoms with Gasteiger partial charge in [0.05, 0.1) is 0 Å². The molecular formula is C14H23N3. The highest BCUT2D eigenvalue weighted by Gasteiger charge is 2.28. The molecule has 0 spiro atoms. The number of pyridine rings is 1. The fourth-order valence-corrected chi connectivity index (χ4v) is 2.52. The molecule has 0 bridgehead atoms. The molecule has 1 aliphatic heterocycles. The smallest absolute Gasteiger partial charge is 0.131 e. The summed E-state index contributed by atoms with van der Waals surface area (Å²) in [4.78, 5) is 6.96. The molecule has 17 heavy (non-hydrogen) atoms. The van der Waals surface area contributed by atoms with Crippen LogP contribution >= 0.6 is 0 Å². The SMILES string of the molecule is CC(N)Cc1cccnc1N1CC(C)C(C)C1. The van der Waals surface area contributed by atoms with Crippen molar-refractivity contribution in [2.75, 3.05) is 18.0 Å². The van der Waals surface area contributed by atoms with E-state index in [4.69, 9.17) is 5.73 Å². The summed E-state index contributed by atoms with van der Waals surface area (Å²) in [5, 5.41) is 0. The summed E-state index contributed by atoms with van der Waals surface area (Å²) in [6, 6.07) is 4.35. The third kappa shape index (κ3) is 2.78. The molecule has 3 atom stereocenters. The second-order valence-electron chi connectivity index (χ2n) is 5.53. The minimum absolute atomic E-state index is 0.190. The maximum atomic E-state index is 5.90. The van der Waals surface area contributed by atoms with Crippen LogP contribution in [0.3, 0.4) is 0 Å². The molecule has 3 heteroatoms. The van der Waals surface area contributed by atoms with Crippen LogP contribution in [0.25, 0.3) is 0 Å². The lowest BCUT2D eigenvalue weighted by molar-refractivity contribution is 0.494. The molecule has 0 amide bonds. The Hall–Kier alpha value is -1.09. The number of anilines is 1. The minimum atomic E-state index is 0.190. The Morgan fingerprint density at radius 1 is 1.41 bits per heavy atom. The maximum Gasteiger partial charge on any atom is 0.131 e. The zero-order valence-corrected chi connectivity index (χ0v) is 11.1. The topological polar surface area (TPSA) is 42.1 Å². The summed E-state index contributed by atoms with van der Waals surface area (Å²) in [6.07, 6.45) is 2.79. The Balaban J connectivity index is 2.20. The molecule has 1 aromatic rings. The van der Waals surface area contributed by atoms with Crippen molar-refractivity contribution in [3.8, 4) is 0 Å². The normalized spacial score (nSPS) is 26.2. The second-order valence-corrected chi connectivity index (χ2v) is 5.53. The van der Waals surface area contributed by atoms with Crippen LogP contribution in [0.5, 0.6) is 0 Å². The number of nitrogens with two attached hydrogens (primary N) is 1. The van der Waals surface area contributed by atoms with E-state index in [1.807, 2.05) is 19.2 Å². The van der Waals surface area contributed by atoms with Gasteiger partial charge in [-0.3, -0.25) is 0 Å². The van der Waals surface area contributed by atoms with Crippen LogP contribution < -0.4 is 10.6 Å². The Labute approximate surface area is 104 Å². The van der Waals surface area contributed by atoms with Gasteiger partial charge in [-0.2, -0.15) is 0 Å². The third-order valence-corrected chi connectivity index (χ3v) is 3.70. The van der Waals surface area contributed by atoms with E-state index in [1.165, 1.54) is 5.56 Å². The third-order valence-electron chi connectivity index (χ3n) is 3.70. The largest absolute Gasteiger partial charge is 0.356 e. The summed E-state index contributed by atoms with van der Waals surface area (Å²) < 4.78 is 0. The highest BCUT2D eigenvalue weighted by molar-refractivity contribution is 5.48. The first-order chi connectivity index (χ1) is 8.08. The first-order valence-corrected chi connectivity index (χ1v) is 6.52. The van der Waals surface area contributed by atoms with Gasteiger partial charge in [0.2, 0.25) is 0 Å². The number of nitrogens with zero attached hydrogens (tertiary/aromatic N) is 2. The molecule has 1 aliphatic rings. The van der Waals surface area contributed by atoms with E-state index in [9.17, 15) is 0 Å².